The standard InChI is InChI=1S/C22H38N7O5P/c1-14(2)8-17(9-15(3)4)27-34-35(32,28-22(6,7)21(30)31)13-33-16(5)10-29-12-26-18-19(23)24-11-25-20(18)29/h11-12,14-16H,8-10,13H2,1-7H3,(H,28,32)(H,30,31)(H2,23,24,25)/t16-,35+/m0/s1. The van der Waals surface area contributed by atoms with Gasteiger partial charge in [-0.2, -0.15) is 0 Å². The number of anilines is 1. The van der Waals surface area contributed by atoms with E-state index >= 15 is 0 Å². The third kappa shape index (κ3) is 8.55. The average Bonchev–Trinajstić information content (AvgIpc) is 3.14. The fourth-order valence-corrected chi connectivity index (χ4v) is 5.16. The Morgan fingerprint density at radius 1 is 1.20 bits per heavy atom. The van der Waals surface area contributed by atoms with Crippen molar-refractivity contribution in [3.8, 4) is 0 Å². The Labute approximate surface area is 206 Å². The second-order valence-electron chi connectivity index (χ2n) is 10.1. The number of carboxylic acids is 1. The number of ether oxygens (including phenoxy) is 1. The minimum absolute atomic E-state index is 0.275. The van der Waals surface area contributed by atoms with E-state index < -0.39 is 25.1 Å². The zero-order valence-corrected chi connectivity index (χ0v) is 22.5. The van der Waals surface area contributed by atoms with E-state index in [4.69, 9.17) is 15.1 Å². The Bertz CT molecular complexity index is 1070. The Balaban J connectivity index is 2.19. The van der Waals surface area contributed by atoms with Gasteiger partial charge in [-0.3, -0.25) is 9.36 Å². The first-order chi connectivity index (χ1) is 16.2. The molecule has 0 saturated carbocycles. The van der Waals surface area contributed by atoms with Crippen LogP contribution in [0.25, 0.3) is 11.2 Å². The summed E-state index contributed by atoms with van der Waals surface area (Å²) in [5.41, 5.74) is 6.11. The summed E-state index contributed by atoms with van der Waals surface area (Å²) in [6.45, 7) is 13.2. The van der Waals surface area contributed by atoms with Gasteiger partial charge >= 0.3 is 13.5 Å². The monoisotopic (exact) mass is 511 g/mol. The van der Waals surface area contributed by atoms with Crippen molar-refractivity contribution in [2.75, 3.05) is 12.1 Å². The first-order valence-corrected chi connectivity index (χ1v) is 13.4. The lowest BCUT2D eigenvalue weighted by Gasteiger charge is -2.27. The number of nitrogens with one attached hydrogen (secondary N) is 1. The third-order valence-corrected chi connectivity index (χ3v) is 6.72. The van der Waals surface area contributed by atoms with Gasteiger partial charge in [0.2, 0.25) is 0 Å². The zero-order valence-electron chi connectivity index (χ0n) is 21.6. The number of oxime groups is 1. The summed E-state index contributed by atoms with van der Waals surface area (Å²) in [6, 6.07) is 0. The quantitative estimate of drug-likeness (QED) is 0.192. The molecule has 35 heavy (non-hydrogen) atoms. The Morgan fingerprint density at radius 2 is 1.83 bits per heavy atom. The molecule has 0 aliphatic rings. The number of carbonyl (C=O) groups is 1. The lowest BCUT2D eigenvalue weighted by atomic mass is 9.99. The van der Waals surface area contributed by atoms with Gasteiger partial charge in [0, 0.05) is 0 Å². The van der Waals surface area contributed by atoms with Gasteiger partial charge in [0.05, 0.1) is 24.7 Å². The number of hydrogen-bond acceptors (Lipinski definition) is 9. The topological polar surface area (TPSA) is 167 Å². The number of aliphatic carboxylic acids is 1. The maximum absolute atomic E-state index is 13.7. The molecular weight excluding hydrogens is 473 g/mol. The molecule has 2 rings (SSSR count). The fraction of sp³-hybridized carbons (Fsp3) is 0.682. The van der Waals surface area contributed by atoms with E-state index in [1.165, 1.54) is 20.2 Å². The molecule has 2 heterocycles. The summed E-state index contributed by atoms with van der Waals surface area (Å²) in [6.07, 6.45) is 3.46. The molecule has 0 amide bonds. The molecule has 0 unspecified atom stereocenters. The number of nitrogens with two attached hydrogens (primary N) is 1. The van der Waals surface area contributed by atoms with Crippen molar-refractivity contribution in [1.29, 1.82) is 0 Å². The van der Waals surface area contributed by atoms with Crippen LogP contribution in [0.2, 0.25) is 0 Å². The second kappa shape index (κ2) is 11.9. The molecule has 2 aromatic heterocycles. The van der Waals surface area contributed by atoms with Crippen LogP contribution in [0.5, 0.6) is 0 Å². The zero-order chi connectivity index (χ0) is 26.4. The van der Waals surface area contributed by atoms with Crippen molar-refractivity contribution in [2.45, 2.75) is 79.5 Å². The van der Waals surface area contributed by atoms with Crippen LogP contribution >= 0.6 is 7.52 Å². The molecule has 0 aliphatic carbocycles. The SMILES string of the molecule is CC(C)CC(CC(C)C)=NO[P@](=O)(CO[C@@H](C)Cn1cnc2c(N)ncnc21)NC(C)(C)C(=O)O. The highest BCUT2D eigenvalue weighted by Gasteiger charge is 2.38. The molecule has 0 fully saturated rings. The summed E-state index contributed by atoms with van der Waals surface area (Å²) in [5, 5.41) is 16.4. The first kappa shape index (κ1) is 28.7. The van der Waals surface area contributed by atoms with E-state index in [1.807, 2.05) is 0 Å². The molecule has 196 valence electrons. The summed E-state index contributed by atoms with van der Waals surface area (Å²) < 4.78 is 26.8. The number of nitrogens with zero attached hydrogens (tertiary/aromatic N) is 5. The molecule has 12 nitrogen and oxygen atoms in total. The van der Waals surface area contributed by atoms with Crippen molar-refractivity contribution in [2.24, 2.45) is 17.0 Å². The average molecular weight is 512 g/mol. The van der Waals surface area contributed by atoms with Crippen molar-refractivity contribution in [3.05, 3.63) is 12.7 Å². The third-order valence-electron chi connectivity index (χ3n) is 4.99. The van der Waals surface area contributed by atoms with E-state index in [0.717, 1.165) is 5.71 Å². The Kier molecular flexibility index (Phi) is 9.76. The van der Waals surface area contributed by atoms with Gasteiger partial charge in [0.25, 0.3) is 0 Å². The van der Waals surface area contributed by atoms with Crippen molar-refractivity contribution in [1.82, 2.24) is 24.6 Å². The Hall–Kier alpha value is -2.56. The van der Waals surface area contributed by atoms with Gasteiger partial charge in [0.15, 0.2) is 11.5 Å². The van der Waals surface area contributed by atoms with Crippen LogP contribution in [0.15, 0.2) is 17.8 Å². The molecule has 2 aromatic rings. The lowest BCUT2D eigenvalue weighted by Crippen LogP contribution is -2.45. The lowest BCUT2D eigenvalue weighted by molar-refractivity contribution is -0.142. The minimum Gasteiger partial charge on any atom is -0.480 e. The van der Waals surface area contributed by atoms with Gasteiger partial charge in [0.1, 0.15) is 23.7 Å². The van der Waals surface area contributed by atoms with E-state index in [2.05, 4.69) is 52.9 Å². The highest BCUT2D eigenvalue weighted by Crippen LogP contribution is 2.45. The highest BCUT2D eigenvalue weighted by atomic mass is 31.2. The first-order valence-electron chi connectivity index (χ1n) is 11.6. The minimum atomic E-state index is -3.85. The number of aromatic nitrogens is 4. The van der Waals surface area contributed by atoms with Crippen LogP contribution < -0.4 is 10.8 Å². The van der Waals surface area contributed by atoms with Gasteiger partial charge in [-0.05, 0) is 45.4 Å². The van der Waals surface area contributed by atoms with Gasteiger partial charge < -0.3 is 24.8 Å². The maximum atomic E-state index is 13.7. The summed E-state index contributed by atoms with van der Waals surface area (Å²) >= 11 is 0. The molecular formula is C22H38N7O5P. The molecule has 0 aliphatic heterocycles. The van der Waals surface area contributed by atoms with E-state index in [-0.39, 0.29) is 12.2 Å². The Morgan fingerprint density at radius 3 is 2.40 bits per heavy atom. The van der Waals surface area contributed by atoms with Crippen LogP contribution in [0.1, 0.15) is 61.3 Å². The molecule has 0 bridgehead atoms. The second-order valence-corrected chi connectivity index (χ2v) is 12.1. The van der Waals surface area contributed by atoms with Crippen LogP contribution in [0, 0.1) is 11.8 Å². The number of rotatable bonds is 14. The van der Waals surface area contributed by atoms with Crippen LogP contribution in [0.3, 0.4) is 0 Å². The smallest absolute Gasteiger partial charge is 0.365 e. The number of hydrogen-bond donors (Lipinski definition) is 3. The van der Waals surface area contributed by atoms with Gasteiger partial charge in [-0.1, -0.05) is 32.9 Å². The van der Waals surface area contributed by atoms with Crippen molar-refractivity contribution < 1.29 is 23.8 Å². The summed E-state index contributed by atoms with van der Waals surface area (Å²) in [5.74, 6) is -0.238. The van der Waals surface area contributed by atoms with E-state index in [0.29, 0.717) is 42.4 Å². The number of nitrogen functional groups attached to an aromatic ring is 1. The molecule has 0 aromatic carbocycles. The molecule has 13 heteroatoms. The normalized spacial score (nSPS) is 14.8. The fourth-order valence-electron chi connectivity index (χ4n) is 3.36. The number of imidazole rings is 1. The van der Waals surface area contributed by atoms with Crippen LogP contribution in [-0.2, 0) is 25.3 Å². The predicted molar refractivity (Wildman–Crippen MR) is 135 cm³/mol. The molecule has 2 atom stereocenters. The number of carboxylic acid groups (broad SMARTS) is 1. The van der Waals surface area contributed by atoms with E-state index in [9.17, 15) is 14.5 Å². The largest absolute Gasteiger partial charge is 0.480 e. The number of fused-ring (bicyclic) bond motifs is 1. The molecule has 4 N–H and O–H groups in total. The van der Waals surface area contributed by atoms with Crippen LogP contribution in [0.4, 0.5) is 5.82 Å². The summed E-state index contributed by atoms with van der Waals surface area (Å²) in [4.78, 5) is 24.0. The maximum Gasteiger partial charge on any atom is 0.365 e. The van der Waals surface area contributed by atoms with E-state index in [1.54, 1.807) is 17.8 Å². The van der Waals surface area contributed by atoms with Crippen LogP contribution in [-0.4, -0.2) is 54.3 Å². The summed E-state index contributed by atoms with van der Waals surface area (Å²) in [7, 11) is -3.85. The highest BCUT2D eigenvalue weighted by molar-refractivity contribution is 7.56. The van der Waals surface area contributed by atoms with Gasteiger partial charge in [-0.15, -0.1) is 0 Å². The predicted octanol–water partition coefficient (Wildman–Crippen LogP) is 3.88. The van der Waals surface area contributed by atoms with Crippen molar-refractivity contribution in [3.63, 3.8) is 0 Å². The van der Waals surface area contributed by atoms with Gasteiger partial charge in [-0.25, -0.2) is 20.0 Å². The molecule has 0 saturated heterocycles. The molecule has 0 spiro atoms. The molecule has 0 radical (unpaired) electrons. The van der Waals surface area contributed by atoms with Crippen molar-refractivity contribution >= 4 is 36.2 Å².